The molecule has 124 valence electrons. The molecule has 2 heterocycles. The molecule has 0 aliphatic carbocycles. The molecule has 8 heteroatoms. The molecule has 0 unspecified atom stereocenters. The number of nitrogens with one attached hydrogen (secondary N) is 1. The van der Waals surface area contributed by atoms with Crippen LogP contribution in [0.3, 0.4) is 0 Å². The van der Waals surface area contributed by atoms with Gasteiger partial charge >= 0.3 is 0 Å². The van der Waals surface area contributed by atoms with E-state index < -0.39 is 10.0 Å². The van der Waals surface area contributed by atoms with Gasteiger partial charge in [-0.05, 0) is 41.3 Å². The van der Waals surface area contributed by atoms with Crippen molar-refractivity contribution in [3.05, 3.63) is 69.0 Å². The molecule has 0 saturated carbocycles. The average molecular weight is 399 g/mol. The summed E-state index contributed by atoms with van der Waals surface area (Å²) in [6.07, 6.45) is 1.65. The van der Waals surface area contributed by atoms with Gasteiger partial charge in [-0.3, -0.25) is 4.98 Å². The Kier molecular flexibility index (Phi) is 5.22. The molecule has 2 aromatic heterocycles. The number of halogens is 2. The third kappa shape index (κ3) is 3.79. The van der Waals surface area contributed by atoms with Crippen LogP contribution in [0.2, 0.25) is 10.0 Å². The van der Waals surface area contributed by atoms with Crippen molar-refractivity contribution in [1.82, 2.24) is 9.71 Å². The first-order valence-corrected chi connectivity index (χ1v) is 10.1. The van der Waals surface area contributed by atoms with Crippen molar-refractivity contribution in [2.75, 3.05) is 0 Å². The van der Waals surface area contributed by atoms with Crippen molar-refractivity contribution in [3.63, 3.8) is 0 Å². The Balaban J connectivity index is 1.82. The molecule has 0 amide bonds. The Morgan fingerprint density at radius 3 is 2.54 bits per heavy atom. The summed E-state index contributed by atoms with van der Waals surface area (Å²) in [5.41, 5.74) is 2.58. The molecular weight excluding hydrogens is 387 g/mol. The van der Waals surface area contributed by atoms with Crippen molar-refractivity contribution in [3.8, 4) is 11.3 Å². The van der Waals surface area contributed by atoms with Crippen LogP contribution in [0, 0.1) is 0 Å². The maximum Gasteiger partial charge on any atom is 0.243 e. The second kappa shape index (κ2) is 7.21. The van der Waals surface area contributed by atoms with Gasteiger partial charge in [-0.15, -0.1) is 0 Å². The standard InChI is InChI=1S/C16H12Cl2N2O2S2/c17-13-2-1-3-14(18)16(13)24(21,22)20-9-11-4-6-19-15(8-11)12-5-7-23-10-12/h1-8,10,20H,9H2. The summed E-state index contributed by atoms with van der Waals surface area (Å²) < 4.78 is 27.5. The van der Waals surface area contributed by atoms with Crippen LogP contribution in [0.5, 0.6) is 0 Å². The zero-order valence-electron chi connectivity index (χ0n) is 12.2. The predicted molar refractivity (Wildman–Crippen MR) is 98.0 cm³/mol. The number of nitrogens with zero attached hydrogens (tertiary/aromatic N) is 1. The summed E-state index contributed by atoms with van der Waals surface area (Å²) in [5, 5.41) is 4.12. The molecule has 3 aromatic rings. The molecule has 0 aliphatic rings. The van der Waals surface area contributed by atoms with Crippen LogP contribution in [0.15, 0.2) is 58.3 Å². The highest BCUT2D eigenvalue weighted by molar-refractivity contribution is 7.89. The summed E-state index contributed by atoms with van der Waals surface area (Å²) in [4.78, 5) is 4.19. The highest BCUT2D eigenvalue weighted by Crippen LogP contribution is 2.29. The number of rotatable bonds is 5. The van der Waals surface area contributed by atoms with E-state index in [-0.39, 0.29) is 21.5 Å². The first-order valence-electron chi connectivity index (χ1n) is 6.88. The third-order valence-corrected chi connectivity index (χ3v) is 6.33. The van der Waals surface area contributed by atoms with Crippen molar-refractivity contribution in [2.45, 2.75) is 11.4 Å². The van der Waals surface area contributed by atoms with E-state index in [1.807, 2.05) is 22.9 Å². The summed E-state index contributed by atoms with van der Waals surface area (Å²) in [7, 11) is -3.82. The molecule has 4 nitrogen and oxygen atoms in total. The lowest BCUT2D eigenvalue weighted by Gasteiger charge is -2.10. The van der Waals surface area contributed by atoms with Crippen molar-refractivity contribution >= 4 is 44.6 Å². The molecule has 24 heavy (non-hydrogen) atoms. The van der Waals surface area contributed by atoms with Gasteiger partial charge in [0.25, 0.3) is 0 Å². The van der Waals surface area contributed by atoms with Crippen molar-refractivity contribution < 1.29 is 8.42 Å². The van der Waals surface area contributed by atoms with Gasteiger partial charge in [0.05, 0.1) is 15.7 Å². The van der Waals surface area contributed by atoms with Gasteiger partial charge < -0.3 is 0 Å². The van der Waals surface area contributed by atoms with Gasteiger partial charge in [0.2, 0.25) is 10.0 Å². The van der Waals surface area contributed by atoms with Crippen molar-refractivity contribution in [2.24, 2.45) is 0 Å². The highest BCUT2D eigenvalue weighted by atomic mass is 35.5. The topological polar surface area (TPSA) is 59.1 Å². The highest BCUT2D eigenvalue weighted by Gasteiger charge is 2.21. The molecule has 0 bridgehead atoms. The van der Waals surface area contributed by atoms with E-state index in [1.165, 1.54) is 12.1 Å². The fourth-order valence-corrected chi connectivity index (χ4v) is 4.95. The van der Waals surface area contributed by atoms with Crippen LogP contribution >= 0.6 is 34.5 Å². The predicted octanol–water partition coefficient (Wildman–Crippen LogP) is 4.60. The van der Waals surface area contributed by atoms with Gasteiger partial charge in [0.1, 0.15) is 4.90 Å². The van der Waals surface area contributed by atoms with Gasteiger partial charge in [-0.2, -0.15) is 11.3 Å². The molecule has 0 saturated heterocycles. The number of thiophene rings is 1. The first-order chi connectivity index (χ1) is 11.5. The van der Waals surface area contributed by atoms with Gasteiger partial charge in [-0.1, -0.05) is 29.3 Å². The van der Waals surface area contributed by atoms with Crippen LogP contribution in [0.4, 0.5) is 0 Å². The Morgan fingerprint density at radius 2 is 1.88 bits per heavy atom. The summed E-state index contributed by atoms with van der Waals surface area (Å²) in [5.74, 6) is 0. The lowest BCUT2D eigenvalue weighted by atomic mass is 10.1. The molecule has 1 aromatic carbocycles. The fourth-order valence-electron chi connectivity index (χ4n) is 2.14. The minimum absolute atomic E-state index is 0.0868. The zero-order valence-corrected chi connectivity index (χ0v) is 15.4. The maximum absolute atomic E-state index is 12.5. The van der Waals surface area contributed by atoms with Crippen LogP contribution in [-0.2, 0) is 16.6 Å². The van der Waals surface area contributed by atoms with E-state index in [0.717, 1.165) is 16.8 Å². The number of hydrogen-bond donors (Lipinski definition) is 1. The van der Waals surface area contributed by atoms with E-state index in [4.69, 9.17) is 23.2 Å². The Morgan fingerprint density at radius 1 is 1.12 bits per heavy atom. The number of benzene rings is 1. The summed E-state index contributed by atoms with van der Waals surface area (Å²) in [6.45, 7) is 0.115. The van der Waals surface area contributed by atoms with Gasteiger partial charge in [0, 0.05) is 23.7 Å². The lowest BCUT2D eigenvalue weighted by molar-refractivity contribution is 0.581. The second-order valence-corrected chi connectivity index (χ2v) is 8.23. The monoisotopic (exact) mass is 398 g/mol. The zero-order chi connectivity index (χ0) is 17.2. The summed E-state index contributed by atoms with van der Waals surface area (Å²) >= 11 is 13.5. The molecule has 0 fully saturated rings. The SMILES string of the molecule is O=S(=O)(NCc1ccnc(-c2ccsc2)c1)c1c(Cl)cccc1Cl. The largest absolute Gasteiger partial charge is 0.256 e. The molecule has 3 rings (SSSR count). The number of hydrogen-bond acceptors (Lipinski definition) is 4. The summed E-state index contributed by atoms with van der Waals surface area (Å²) in [6, 6.07) is 10.1. The maximum atomic E-state index is 12.5. The Bertz CT molecular complexity index is 938. The van der Waals surface area contributed by atoms with E-state index in [0.29, 0.717) is 0 Å². The fraction of sp³-hybridized carbons (Fsp3) is 0.0625. The van der Waals surface area contributed by atoms with E-state index in [2.05, 4.69) is 9.71 Å². The minimum Gasteiger partial charge on any atom is -0.256 e. The van der Waals surface area contributed by atoms with E-state index in [1.54, 1.807) is 29.7 Å². The Hall–Kier alpha value is -1.44. The lowest BCUT2D eigenvalue weighted by Crippen LogP contribution is -2.24. The van der Waals surface area contributed by atoms with Gasteiger partial charge in [0.15, 0.2) is 0 Å². The smallest absolute Gasteiger partial charge is 0.243 e. The molecule has 1 N–H and O–H groups in total. The quantitative estimate of drug-likeness (QED) is 0.683. The van der Waals surface area contributed by atoms with Crippen LogP contribution in [-0.4, -0.2) is 13.4 Å². The van der Waals surface area contributed by atoms with E-state index in [9.17, 15) is 8.42 Å². The normalized spacial score (nSPS) is 11.6. The average Bonchev–Trinajstić information content (AvgIpc) is 3.07. The molecule has 0 atom stereocenters. The molecule has 0 aliphatic heterocycles. The van der Waals surface area contributed by atoms with E-state index >= 15 is 0 Å². The van der Waals surface area contributed by atoms with Gasteiger partial charge in [-0.25, -0.2) is 13.1 Å². The third-order valence-electron chi connectivity index (χ3n) is 3.30. The number of pyridine rings is 1. The molecular formula is C16H12Cl2N2O2S2. The van der Waals surface area contributed by atoms with Crippen molar-refractivity contribution in [1.29, 1.82) is 0 Å². The van der Waals surface area contributed by atoms with Crippen LogP contribution in [0.25, 0.3) is 11.3 Å². The number of sulfonamides is 1. The van der Waals surface area contributed by atoms with Crippen LogP contribution < -0.4 is 4.72 Å². The first kappa shape index (κ1) is 17.4. The molecule has 0 radical (unpaired) electrons. The molecule has 0 spiro atoms. The van der Waals surface area contributed by atoms with Crippen LogP contribution in [0.1, 0.15) is 5.56 Å². The minimum atomic E-state index is -3.82. The number of aromatic nitrogens is 1. The second-order valence-electron chi connectivity index (χ2n) is 4.94. The Labute approximate surface area is 154 Å².